The van der Waals surface area contributed by atoms with Gasteiger partial charge in [-0.25, -0.2) is 0 Å². The van der Waals surface area contributed by atoms with Crippen LogP contribution < -0.4 is 16.0 Å². The van der Waals surface area contributed by atoms with E-state index in [0.717, 1.165) is 68.2 Å². The minimum atomic E-state index is -1.23. The maximum Gasteiger partial charge on any atom is 0.145 e. The zero-order valence-corrected chi connectivity index (χ0v) is 37.1. The largest absolute Gasteiger partial charge is 0.396 e. The number of methoxy groups -OCH3 is 1. The normalized spacial score (nSPS) is 34.0. The molecule has 4 bridgehead atoms. The molecular formula is C50H75N3O7. The van der Waals surface area contributed by atoms with Crippen LogP contribution in [0.2, 0.25) is 0 Å². The van der Waals surface area contributed by atoms with Gasteiger partial charge in [-0.3, -0.25) is 4.79 Å². The van der Waals surface area contributed by atoms with Crippen molar-refractivity contribution in [3.8, 4) is 0 Å². The zero-order chi connectivity index (χ0) is 43.3. The first-order valence-corrected chi connectivity index (χ1v) is 22.3. The van der Waals surface area contributed by atoms with Crippen molar-refractivity contribution in [1.29, 1.82) is 0 Å². The second-order valence-electron chi connectivity index (χ2n) is 18.2. The first-order chi connectivity index (χ1) is 28.9. The lowest BCUT2D eigenvalue weighted by molar-refractivity contribution is -0.194. The molecule has 1 aliphatic heterocycles. The van der Waals surface area contributed by atoms with Crippen LogP contribution in [0, 0.1) is 35.0 Å². The van der Waals surface area contributed by atoms with Gasteiger partial charge in [0.1, 0.15) is 13.1 Å². The summed E-state index contributed by atoms with van der Waals surface area (Å²) in [7, 11) is 5.65. The summed E-state index contributed by atoms with van der Waals surface area (Å²) in [6.45, 7) is 11.2. The number of hydrogen-bond donors (Lipinski definition) is 7. The molecule has 1 heterocycles. The summed E-state index contributed by atoms with van der Waals surface area (Å²) in [4.78, 5) is 12.4. The van der Waals surface area contributed by atoms with Crippen LogP contribution >= 0.6 is 0 Å². The van der Waals surface area contributed by atoms with Gasteiger partial charge in [0.2, 0.25) is 0 Å². The molecule has 60 heavy (non-hydrogen) atoms. The molecular weight excluding hydrogens is 755 g/mol. The molecule has 0 amide bonds. The number of benzene rings is 1. The third-order valence-electron chi connectivity index (χ3n) is 14.5. The monoisotopic (exact) mass is 830 g/mol. The number of fused-ring (bicyclic) bond motifs is 5. The van der Waals surface area contributed by atoms with Gasteiger partial charge in [-0.15, -0.1) is 0 Å². The number of hydrogen-bond acceptors (Lipinski definition) is 10. The van der Waals surface area contributed by atoms with E-state index in [4.69, 9.17) is 9.47 Å². The lowest BCUT2D eigenvalue weighted by Crippen LogP contribution is -2.65. The highest BCUT2D eigenvalue weighted by molar-refractivity contribution is 5.74. The number of carbonyl (C=O) groups excluding carboxylic acids is 1. The highest BCUT2D eigenvalue weighted by atomic mass is 16.6. The van der Waals surface area contributed by atoms with Crippen LogP contribution in [-0.4, -0.2) is 111 Å². The summed E-state index contributed by atoms with van der Waals surface area (Å²) >= 11 is 0. The van der Waals surface area contributed by atoms with Gasteiger partial charge in [-0.05, 0) is 145 Å². The van der Waals surface area contributed by atoms with Gasteiger partial charge in [-0.2, -0.15) is 0 Å². The number of ether oxygens (including phenoxy) is 2. The van der Waals surface area contributed by atoms with Gasteiger partial charge in [0.15, 0.2) is 0 Å². The first-order valence-electron chi connectivity index (χ1n) is 22.3. The van der Waals surface area contributed by atoms with Gasteiger partial charge >= 0.3 is 0 Å². The van der Waals surface area contributed by atoms with Gasteiger partial charge in [0.25, 0.3) is 0 Å². The quantitative estimate of drug-likeness (QED) is 0.0312. The molecule has 0 unspecified atom stereocenters. The van der Waals surface area contributed by atoms with Gasteiger partial charge in [-0.1, -0.05) is 84.0 Å². The number of aldehydes is 1. The molecule has 7 N–H and O–H groups in total. The van der Waals surface area contributed by atoms with E-state index in [1.165, 1.54) is 16.7 Å². The van der Waals surface area contributed by atoms with Crippen LogP contribution in [0.5, 0.6) is 0 Å². The molecule has 1 aromatic rings. The number of aliphatic hydroxyl groups excluding tert-OH is 3. The Labute approximate surface area is 360 Å². The third kappa shape index (κ3) is 10.8. The summed E-state index contributed by atoms with van der Waals surface area (Å²) in [5.74, 6) is -0.798. The molecule has 1 aromatic carbocycles. The van der Waals surface area contributed by atoms with Crippen molar-refractivity contribution in [1.82, 2.24) is 16.0 Å². The predicted octanol–water partition coefficient (Wildman–Crippen LogP) is 5.54. The Balaban J connectivity index is 1.45. The summed E-state index contributed by atoms with van der Waals surface area (Å²) in [5, 5.41) is 56.2. The number of carbonyl (C=O) groups is 1. The van der Waals surface area contributed by atoms with Crippen molar-refractivity contribution >= 4 is 6.29 Å². The Morgan fingerprint density at radius 3 is 2.58 bits per heavy atom. The molecule has 2 saturated carbocycles. The van der Waals surface area contributed by atoms with E-state index in [-0.39, 0.29) is 48.3 Å². The predicted molar refractivity (Wildman–Crippen MR) is 240 cm³/mol. The number of nitrogens with one attached hydrogen (secondary N) is 3. The van der Waals surface area contributed by atoms with Crippen molar-refractivity contribution in [2.45, 2.75) is 95.3 Å². The number of allylic oxidation sites excluding steroid dienone is 9. The van der Waals surface area contributed by atoms with E-state index in [1.807, 2.05) is 33.2 Å². The van der Waals surface area contributed by atoms with Crippen molar-refractivity contribution in [3.05, 3.63) is 106 Å². The minimum absolute atomic E-state index is 0.0382. The third-order valence-corrected chi connectivity index (χ3v) is 14.5. The minimum Gasteiger partial charge on any atom is -0.396 e. The molecule has 4 aliphatic rings. The standard InChI is InChI=1S/C50H75N3O7/c1-35-13-14-41(28-38-10-8-11-39(27-38)29-48(53-31-35,20-23-51-4)22-26-59-6)36(2)9-7-12-43(33-60-34-56)44-17-19-50(47(44)57)46-40(18-25-54)15-16-42(45(46)37(3)32-55)30-49(50,58)21-24-52-5/h7-13,15-16,27,32,40-42,44,46-47,51-54,56-58H,2,14,17-26,28-31,33-34H2,1,3-6H3/b9-7+,35-13+,43-12-,45-37?/t40-,41+,42+,44+,46+,47-,48+,49-,50-/m1/s1. The second-order valence-corrected chi connectivity index (χ2v) is 18.2. The highest BCUT2D eigenvalue weighted by Gasteiger charge is 2.68. The molecule has 10 nitrogen and oxygen atoms in total. The number of rotatable bonds is 19. The highest BCUT2D eigenvalue weighted by Crippen LogP contribution is 2.67. The molecule has 5 rings (SSSR count). The molecule has 0 radical (unpaired) electrons. The van der Waals surface area contributed by atoms with Crippen molar-refractivity contribution in [2.24, 2.45) is 35.0 Å². The van der Waals surface area contributed by atoms with Crippen LogP contribution in [0.15, 0.2) is 95.2 Å². The summed E-state index contributed by atoms with van der Waals surface area (Å²) in [5.41, 5.74) is 5.03. The lowest BCUT2D eigenvalue weighted by Gasteiger charge is -2.61. The Morgan fingerprint density at radius 1 is 1.10 bits per heavy atom. The Morgan fingerprint density at radius 2 is 1.87 bits per heavy atom. The average molecular weight is 830 g/mol. The fourth-order valence-electron chi connectivity index (χ4n) is 11.3. The van der Waals surface area contributed by atoms with E-state index < -0.39 is 23.9 Å². The van der Waals surface area contributed by atoms with Gasteiger partial charge in [0, 0.05) is 49.7 Å². The van der Waals surface area contributed by atoms with E-state index in [9.17, 15) is 25.2 Å². The molecule has 3 aliphatic carbocycles. The van der Waals surface area contributed by atoms with Crippen LogP contribution in [0.3, 0.4) is 0 Å². The van der Waals surface area contributed by atoms with E-state index in [2.05, 4.69) is 78.0 Å². The Hall–Kier alpha value is -3.03. The zero-order valence-electron chi connectivity index (χ0n) is 37.1. The molecule has 1 spiro atoms. The number of aliphatic hydroxyl groups is 4. The molecule has 2 fully saturated rings. The lowest BCUT2D eigenvalue weighted by atomic mass is 9.45. The van der Waals surface area contributed by atoms with E-state index in [1.54, 1.807) is 7.11 Å². The molecule has 0 aromatic heterocycles. The summed E-state index contributed by atoms with van der Waals surface area (Å²) in [6.07, 6.45) is 19.5. The molecule has 0 saturated heterocycles. The summed E-state index contributed by atoms with van der Waals surface area (Å²) in [6, 6.07) is 8.97. The Kier molecular flexibility index (Phi) is 17.9. The van der Waals surface area contributed by atoms with E-state index >= 15 is 0 Å². The van der Waals surface area contributed by atoms with Crippen LogP contribution in [0.1, 0.15) is 76.3 Å². The van der Waals surface area contributed by atoms with Crippen molar-refractivity contribution in [2.75, 3.05) is 67.5 Å². The SMILES string of the molecule is C=C(/C=C/C=C(/COCO)[C@@H]1CC[C@]2([C@@H]1O)[C@@H]1C(=C(C)C=O)[C@@H](C=C[C@@H]1CCO)C[C@]2(O)CCNC)[C@H]1C/C=C(\C)CN[C@@](CCNC)(CCOC)Cc2cccc(c2)C1. The summed E-state index contributed by atoms with van der Waals surface area (Å²) < 4.78 is 11.2. The first kappa shape index (κ1) is 48.0. The molecule has 9 atom stereocenters. The van der Waals surface area contributed by atoms with Crippen LogP contribution in [0.4, 0.5) is 0 Å². The second kappa shape index (κ2) is 22.4. The fraction of sp³-hybridized carbons (Fsp3) is 0.620. The van der Waals surface area contributed by atoms with Gasteiger partial charge in [0.05, 0.1) is 18.3 Å². The maximum absolute atomic E-state index is 12.9. The molecule has 10 heteroatoms. The van der Waals surface area contributed by atoms with Crippen LogP contribution in [0.25, 0.3) is 0 Å². The fourth-order valence-corrected chi connectivity index (χ4v) is 11.3. The van der Waals surface area contributed by atoms with Crippen LogP contribution in [-0.2, 0) is 27.1 Å². The van der Waals surface area contributed by atoms with Crippen molar-refractivity contribution < 1.29 is 34.7 Å². The topological polar surface area (TPSA) is 153 Å². The maximum atomic E-state index is 12.9. The van der Waals surface area contributed by atoms with Crippen molar-refractivity contribution in [3.63, 3.8) is 0 Å². The van der Waals surface area contributed by atoms with Gasteiger partial charge < -0.3 is 45.9 Å². The average Bonchev–Trinajstić information content (AvgIpc) is 3.59. The molecule has 332 valence electrons. The van der Waals surface area contributed by atoms with E-state index in [0.29, 0.717) is 50.8 Å². The smallest absolute Gasteiger partial charge is 0.145 e. The Bertz CT molecular complexity index is 1740.